The van der Waals surface area contributed by atoms with Crippen molar-refractivity contribution in [1.82, 2.24) is 5.32 Å². The van der Waals surface area contributed by atoms with Gasteiger partial charge in [-0.25, -0.2) is 8.42 Å². The van der Waals surface area contributed by atoms with Gasteiger partial charge in [-0.05, 0) is 37.3 Å². The first-order chi connectivity index (χ1) is 10.9. The van der Waals surface area contributed by atoms with Crippen molar-refractivity contribution < 1.29 is 18.3 Å². The van der Waals surface area contributed by atoms with Crippen molar-refractivity contribution >= 4 is 21.6 Å². The van der Waals surface area contributed by atoms with Crippen LogP contribution in [-0.4, -0.2) is 32.1 Å². The largest absolute Gasteiger partial charge is 0.394 e. The third-order valence-electron chi connectivity index (χ3n) is 3.08. The van der Waals surface area contributed by atoms with Gasteiger partial charge in [-0.2, -0.15) is 0 Å². The number of aliphatic hydroxyl groups is 1. The Kier molecular flexibility index (Phi) is 5.36. The van der Waals surface area contributed by atoms with Crippen LogP contribution in [0.15, 0.2) is 59.5 Å². The van der Waals surface area contributed by atoms with Gasteiger partial charge in [-0.1, -0.05) is 24.3 Å². The van der Waals surface area contributed by atoms with Crippen LogP contribution in [0, 0.1) is 0 Å². The van der Waals surface area contributed by atoms with Crippen LogP contribution in [0.2, 0.25) is 0 Å². The predicted molar refractivity (Wildman–Crippen MR) is 87.7 cm³/mol. The minimum absolute atomic E-state index is 0.142. The smallest absolute Gasteiger partial charge is 0.261 e. The summed E-state index contributed by atoms with van der Waals surface area (Å²) in [7, 11) is -3.71. The number of amides is 1. The van der Waals surface area contributed by atoms with Gasteiger partial charge in [0.2, 0.25) is 0 Å². The van der Waals surface area contributed by atoms with Gasteiger partial charge in [0.05, 0.1) is 11.5 Å². The number of rotatable bonds is 6. The summed E-state index contributed by atoms with van der Waals surface area (Å²) < 4.78 is 27.0. The highest BCUT2D eigenvalue weighted by Crippen LogP contribution is 2.17. The van der Waals surface area contributed by atoms with E-state index in [4.69, 9.17) is 5.11 Å². The van der Waals surface area contributed by atoms with Crippen molar-refractivity contribution in [3.8, 4) is 0 Å². The molecule has 1 atom stereocenters. The van der Waals surface area contributed by atoms with E-state index in [0.29, 0.717) is 5.56 Å². The molecule has 0 bridgehead atoms. The second-order valence-electron chi connectivity index (χ2n) is 5.06. The molecule has 6 nitrogen and oxygen atoms in total. The molecule has 0 unspecified atom stereocenters. The average Bonchev–Trinajstić information content (AvgIpc) is 2.55. The Morgan fingerprint density at radius 2 is 1.83 bits per heavy atom. The van der Waals surface area contributed by atoms with E-state index in [1.807, 2.05) is 0 Å². The maximum atomic E-state index is 12.3. The molecule has 23 heavy (non-hydrogen) atoms. The molecule has 7 heteroatoms. The minimum Gasteiger partial charge on any atom is -0.394 e. The second kappa shape index (κ2) is 7.26. The van der Waals surface area contributed by atoms with E-state index >= 15 is 0 Å². The quantitative estimate of drug-likeness (QED) is 0.748. The fourth-order valence-electron chi connectivity index (χ4n) is 1.89. The average molecular weight is 334 g/mol. The van der Waals surface area contributed by atoms with Crippen LogP contribution in [0.5, 0.6) is 0 Å². The topological polar surface area (TPSA) is 95.5 Å². The Morgan fingerprint density at radius 3 is 2.48 bits per heavy atom. The van der Waals surface area contributed by atoms with Crippen LogP contribution >= 0.6 is 0 Å². The number of nitrogens with one attached hydrogen (secondary N) is 2. The van der Waals surface area contributed by atoms with Crippen molar-refractivity contribution in [3.63, 3.8) is 0 Å². The van der Waals surface area contributed by atoms with Crippen LogP contribution in [0.25, 0.3) is 0 Å². The lowest BCUT2D eigenvalue weighted by molar-refractivity contribution is 0.0922. The number of hydrogen-bond donors (Lipinski definition) is 3. The maximum absolute atomic E-state index is 12.3. The number of carbonyl (C=O) groups excluding carboxylic acids is 1. The first-order valence-corrected chi connectivity index (χ1v) is 8.50. The van der Waals surface area contributed by atoms with Gasteiger partial charge in [0.1, 0.15) is 0 Å². The third kappa shape index (κ3) is 4.54. The van der Waals surface area contributed by atoms with Crippen LogP contribution < -0.4 is 10.0 Å². The van der Waals surface area contributed by atoms with E-state index < -0.39 is 10.0 Å². The maximum Gasteiger partial charge on any atom is 0.261 e. The van der Waals surface area contributed by atoms with Crippen molar-refractivity contribution in [3.05, 3.63) is 60.2 Å². The highest BCUT2D eigenvalue weighted by atomic mass is 32.2. The molecule has 1 amide bonds. The Hall–Kier alpha value is -2.38. The van der Waals surface area contributed by atoms with Gasteiger partial charge in [-0.15, -0.1) is 0 Å². The van der Waals surface area contributed by atoms with E-state index in [-0.39, 0.29) is 29.1 Å². The fourth-order valence-corrected chi connectivity index (χ4v) is 2.96. The van der Waals surface area contributed by atoms with Crippen molar-refractivity contribution in [2.45, 2.75) is 17.9 Å². The van der Waals surface area contributed by atoms with E-state index in [2.05, 4.69) is 10.0 Å². The molecule has 2 aromatic carbocycles. The molecule has 0 spiro atoms. The molecule has 0 aliphatic heterocycles. The van der Waals surface area contributed by atoms with Crippen molar-refractivity contribution in [2.75, 3.05) is 11.3 Å². The summed E-state index contributed by atoms with van der Waals surface area (Å²) in [5.41, 5.74) is 0.594. The SMILES string of the molecule is C[C@H](CO)NC(=O)c1cccc(NS(=O)(=O)c2ccccc2)c1. The van der Waals surface area contributed by atoms with Gasteiger partial charge >= 0.3 is 0 Å². The summed E-state index contributed by atoms with van der Waals surface area (Å²) in [6.45, 7) is 1.49. The fraction of sp³-hybridized carbons (Fsp3) is 0.188. The van der Waals surface area contributed by atoms with Crippen LogP contribution in [0.4, 0.5) is 5.69 Å². The monoisotopic (exact) mass is 334 g/mol. The van der Waals surface area contributed by atoms with Gasteiger partial charge in [0.25, 0.3) is 15.9 Å². The molecule has 0 aromatic heterocycles. The molecule has 0 heterocycles. The molecule has 0 aliphatic carbocycles. The minimum atomic E-state index is -3.71. The number of carbonyl (C=O) groups is 1. The zero-order valence-corrected chi connectivity index (χ0v) is 13.4. The molecule has 0 saturated heterocycles. The highest BCUT2D eigenvalue weighted by molar-refractivity contribution is 7.92. The number of benzene rings is 2. The van der Waals surface area contributed by atoms with Gasteiger partial charge in [0.15, 0.2) is 0 Å². The molecule has 3 N–H and O–H groups in total. The summed E-state index contributed by atoms with van der Waals surface area (Å²) in [6, 6.07) is 13.7. The Balaban J connectivity index is 2.19. The van der Waals surface area contributed by atoms with E-state index in [1.165, 1.54) is 18.2 Å². The van der Waals surface area contributed by atoms with Gasteiger partial charge < -0.3 is 10.4 Å². The zero-order valence-electron chi connectivity index (χ0n) is 12.6. The van der Waals surface area contributed by atoms with E-state index in [0.717, 1.165) is 0 Å². The Labute approximate surface area is 135 Å². The molecule has 0 fully saturated rings. The molecular weight excluding hydrogens is 316 g/mol. The zero-order chi connectivity index (χ0) is 16.9. The standard InChI is InChI=1S/C16H18N2O4S/c1-12(11-19)17-16(20)13-6-5-7-14(10-13)18-23(21,22)15-8-3-2-4-9-15/h2-10,12,18-19H,11H2,1H3,(H,17,20)/t12-/m1/s1. The summed E-state index contributed by atoms with van der Waals surface area (Å²) in [4.78, 5) is 12.1. The summed E-state index contributed by atoms with van der Waals surface area (Å²) >= 11 is 0. The summed E-state index contributed by atoms with van der Waals surface area (Å²) in [6.07, 6.45) is 0. The molecule has 0 radical (unpaired) electrons. The number of sulfonamides is 1. The molecule has 2 aromatic rings. The van der Waals surface area contributed by atoms with Crippen LogP contribution in [-0.2, 0) is 10.0 Å². The van der Waals surface area contributed by atoms with Gasteiger partial charge in [-0.3, -0.25) is 9.52 Å². The third-order valence-corrected chi connectivity index (χ3v) is 4.48. The first-order valence-electron chi connectivity index (χ1n) is 7.02. The van der Waals surface area contributed by atoms with Crippen LogP contribution in [0.1, 0.15) is 17.3 Å². The molecular formula is C16H18N2O4S. The van der Waals surface area contributed by atoms with Crippen molar-refractivity contribution in [2.24, 2.45) is 0 Å². The molecule has 2 rings (SSSR count). The highest BCUT2D eigenvalue weighted by Gasteiger charge is 2.15. The summed E-state index contributed by atoms with van der Waals surface area (Å²) in [5.74, 6) is -0.382. The number of hydrogen-bond acceptors (Lipinski definition) is 4. The molecule has 0 aliphatic rings. The summed E-state index contributed by atoms with van der Waals surface area (Å²) in [5, 5.41) is 11.6. The Morgan fingerprint density at radius 1 is 1.13 bits per heavy atom. The number of anilines is 1. The Bertz CT molecular complexity index is 776. The second-order valence-corrected chi connectivity index (χ2v) is 6.74. The lowest BCUT2D eigenvalue weighted by Gasteiger charge is -2.12. The van der Waals surface area contributed by atoms with Gasteiger partial charge in [0, 0.05) is 17.3 Å². The van der Waals surface area contributed by atoms with Crippen LogP contribution in [0.3, 0.4) is 0 Å². The predicted octanol–water partition coefficient (Wildman–Crippen LogP) is 1.60. The van der Waals surface area contributed by atoms with E-state index in [9.17, 15) is 13.2 Å². The molecule has 0 saturated carbocycles. The lowest BCUT2D eigenvalue weighted by Crippen LogP contribution is -2.35. The number of aliphatic hydroxyl groups excluding tert-OH is 1. The normalized spacial score (nSPS) is 12.4. The van der Waals surface area contributed by atoms with E-state index in [1.54, 1.807) is 43.3 Å². The lowest BCUT2D eigenvalue weighted by atomic mass is 10.2. The van der Waals surface area contributed by atoms with Crippen molar-refractivity contribution in [1.29, 1.82) is 0 Å². The molecule has 122 valence electrons. The first kappa shape index (κ1) is 17.0.